The lowest BCUT2D eigenvalue weighted by Crippen LogP contribution is -2.47. The Balaban J connectivity index is 1.53. The molecule has 4 rings (SSSR count). The first-order valence-corrected chi connectivity index (χ1v) is 12.8. The van der Waals surface area contributed by atoms with Gasteiger partial charge >= 0.3 is 0 Å². The lowest BCUT2D eigenvalue weighted by molar-refractivity contribution is -0.138. The Labute approximate surface area is 168 Å². The highest BCUT2D eigenvalue weighted by Crippen LogP contribution is 2.40. The average molecular weight is 425 g/mol. The number of amides is 1. The summed E-state index contributed by atoms with van der Waals surface area (Å²) in [4.78, 5) is 18.0. The summed E-state index contributed by atoms with van der Waals surface area (Å²) in [5.74, 6) is 0.216. The molecule has 8 heteroatoms. The SMILES string of the molecule is CCS(=O)(=O)N1CCC(C(=O)N2CCc3sccc3C2c2cccs2)CC1. The first-order valence-electron chi connectivity index (χ1n) is 9.39. The van der Waals surface area contributed by atoms with Gasteiger partial charge in [0.15, 0.2) is 0 Å². The number of rotatable bonds is 4. The summed E-state index contributed by atoms with van der Waals surface area (Å²) < 4.78 is 25.7. The molecule has 0 aromatic carbocycles. The monoisotopic (exact) mass is 424 g/mol. The molecule has 5 nitrogen and oxygen atoms in total. The van der Waals surface area contributed by atoms with Crippen molar-refractivity contribution in [1.82, 2.24) is 9.21 Å². The predicted molar refractivity (Wildman–Crippen MR) is 110 cm³/mol. The number of hydrogen-bond acceptors (Lipinski definition) is 5. The van der Waals surface area contributed by atoms with Crippen molar-refractivity contribution in [2.45, 2.75) is 32.2 Å². The molecular formula is C19H24N2O3S3. The van der Waals surface area contributed by atoms with E-state index < -0.39 is 10.0 Å². The third-order valence-corrected chi connectivity index (χ3v) is 9.43. The average Bonchev–Trinajstić information content (AvgIpc) is 3.38. The number of sulfonamides is 1. The number of fused-ring (bicyclic) bond motifs is 1. The molecule has 1 atom stereocenters. The van der Waals surface area contributed by atoms with Crippen LogP contribution in [0.3, 0.4) is 0 Å². The number of thiophene rings is 2. The standard InChI is InChI=1S/C19H24N2O3S3/c1-2-27(23,24)20-9-5-14(6-10-20)19(22)21-11-7-16-15(8-13-26-16)18(21)17-4-3-12-25-17/h3-4,8,12-14,18H,2,5-7,9-11H2,1H3. The maximum atomic E-state index is 13.4. The molecule has 0 saturated carbocycles. The molecule has 1 fully saturated rings. The highest BCUT2D eigenvalue weighted by atomic mass is 32.2. The molecule has 0 N–H and O–H groups in total. The summed E-state index contributed by atoms with van der Waals surface area (Å²) in [6.07, 6.45) is 2.13. The fraction of sp³-hybridized carbons (Fsp3) is 0.526. The zero-order valence-corrected chi connectivity index (χ0v) is 17.8. The van der Waals surface area contributed by atoms with E-state index in [0.29, 0.717) is 25.9 Å². The molecule has 27 heavy (non-hydrogen) atoms. The van der Waals surface area contributed by atoms with Gasteiger partial charge in [0.05, 0.1) is 11.8 Å². The Bertz CT molecular complexity index is 897. The quantitative estimate of drug-likeness (QED) is 0.756. The van der Waals surface area contributed by atoms with Crippen LogP contribution in [0.25, 0.3) is 0 Å². The summed E-state index contributed by atoms with van der Waals surface area (Å²) in [6, 6.07) is 6.31. The van der Waals surface area contributed by atoms with Crippen molar-refractivity contribution in [3.63, 3.8) is 0 Å². The number of nitrogens with zero attached hydrogens (tertiary/aromatic N) is 2. The minimum absolute atomic E-state index is 0.00454. The molecule has 0 spiro atoms. The molecule has 2 aromatic rings. The predicted octanol–water partition coefficient (Wildman–Crippen LogP) is 3.35. The van der Waals surface area contributed by atoms with E-state index in [1.807, 2.05) is 11.0 Å². The van der Waals surface area contributed by atoms with Crippen molar-refractivity contribution in [1.29, 1.82) is 0 Å². The Morgan fingerprint density at radius 1 is 1.15 bits per heavy atom. The van der Waals surface area contributed by atoms with Gasteiger partial charge in [-0.2, -0.15) is 0 Å². The third kappa shape index (κ3) is 3.60. The smallest absolute Gasteiger partial charge is 0.226 e. The minimum atomic E-state index is -3.16. The zero-order chi connectivity index (χ0) is 19.0. The van der Waals surface area contributed by atoms with E-state index in [0.717, 1.165) is 13.0 Å². The van der Waals surface area contributed by atoms with Gasteiger partial charge in [-0.05, 0) is 54.6 Å². The van der Waals surface area contributed by atoms with Gasteiger partial charge < -0.3 is 4.90 Å². The van der Waals surface area contributed by atoms with E-state index in [4.69, 9.17) is 0 Å². The van der Waals surface area contributed by atoms with Gasteiger partial charge in [0.25, 0.3) is 0 Å². The van der Waals surface area contributed by atoms with Crippen molar-refractivity contribution in [3.8, 4) is 0 Å². The van der Waals surface area contributed by atoms with Crippen molar-refractivity contribution >= 4 is 38.6 Å². The minimum Gasteiger partial charge on any atom is -0.330 e. The molecule has 0 aliphatic carbocycles. The fourth-order valence-corrected chi connectivity index (χ4v) is 7.00. The molecule has 1 saturated heterocycles. The van der Waals surface area contributed by atoms with Crippen LogP contribution in [0.1, 0.15) is 41.1 Å². The van der Waals surface area contributed by atoms with Crippen molar-refractivity contribution < 1.29 is 13.2 Å². The summed E-state index contributed by atoms with van der Waals surface area (Å²) in [6.45, 7) is 3.31. The lowest BCUT2D eigenvalue weighted by atomic mass is 9.92. The molecule has 1 amide bonds. The Morgan fingerprint density at radius 2 is 1.93 bits per heavy atom. The molecular weight excluding hydrogens is 400 g/mol. The molecule has 4 heterocycles. The summed E-state index contributed by atoms with van der Waals surface area (Å²) in [5.41, 5.74) is 1.26. The highest BCUT2D eigenvalue weighted by molar-refractivity contribution is 7.89. The van der Waals surface area contributed by atoms with E-state index in [1.54, 1.807) is 33.9 Å². The van der Waals surface area contributed by atoms with Crippen LogP contribution >= 0.6 is 22.7 Å². The summed E-state index contributed by atoms with van der Waals surface area (Å²) >= 11 is 3.47. The third-order valence-electron chi connectivity index (χ3n) is 5.62. The van der Waals surface area contributed by atoms with Gasteiger partial charge in [-0.15, -0.1) is 22.7 Å². The largest absolute Gasteiger partial charge is 0.330 e. The van der Waals surface area contributed by atoms with Gasteiger partial charge in [-0.25, -0.2) is 12.7 Å². The molecule has 2 aliphatic rings. The molecule has 0 radical (unpaired) electrons. The number of piperidine rings is 1. The second kappa shape index (κ2) is 7.66. The van der Waals surface area contributed by atoms with Gasteiger partial charge in [-0.3, -0.25) is 4.79 Å². The van der Waals surface area contributed by atoms with Crippen LogP contribution in [0, 0.1) is 5.92 Å². The van der Waals surface area contributed by atoms with Gasteiger partial charge in [0.1, 0.15) is 0 Å². The van der Waals surface area contributed by atoms with E-state index >= 15 is 0 Å². The first-order chi connectivity index (χ1) is 13.0. The number of carbonyl (C=O) groups is 1. The zero-order valence-electron chi connectivity index (χ0n) is 15.3. The Hall–Kier alpha value is -1.22. The van der Waals surface area contributed by atoms with Crippen LogP contribution in [-0.4, -0.2) is 48.9 Å². The molecule has 1 unspecified atom stereocenters. The first kappa shape index (κ1) is 19.1. The second-order valence-electron chi connectivity index (χ2n) is 7.07. The van der Waals surface area contributed by atoms with Gasteiger partial charge in [-0.1, -0.05) is 6.07 Å². The molecule has 146 valence electrons. The Morgan fingerprint density at radius 3 is 2.59 bits per heavy atom. The van der Waals surface area contributed by atoms with Crippen LogP contribution in [0.15, 0.2) is 29.0 Å². The van der Waals surface area contributed by atoms with Crippen LogP contribution in [-0.2, 0) is 21.2 Å². The summed E-state index contributed by atoms with van der Waals surface area (Å²) in [5, 5.41) is 4.18. The number of hydrogen-bond donors (Lipinski definition) is 0. The van der Waals surface area contributed by atoms with E-state index in [1.165, 1.54) is 15.3 Å². The van der Waals surface area contributed by atoms with Crippen molar-refractivity contribution in [3.05, 3.63) is 44.3 Å². The van der Waals surface area contributed by atoms with E-state index in [9.17, 15) is 13.2 Å². The van der Waals surface area contributed by atoms with Crippen molar-refractivity contribution in [2.24, 2.45) is 5.92 Å². The van der Waals surface area contributed by atoms with Crippen molar-refractivity contribution in [2.75, 3.05) is 25.4 Å². The van der Waals surface area contributed by atoms with Crippen LogP contribution in [0.4, 0.5) is 0 Å². The highest BCUT2D eigenvalue weighted by Gasteiger charge is 2.38. The fourth-order valence-electron chi connectivity index (χ4n) is 4.11. The van der Waals surface area contributed by atoms with Crippen LogP contribution in [0.5, 0.6) is 0 Å². The van der Waals surface area contributed by atoms with E-state index in [2.05, 4.69) is 22.9 Å². The maximum absolute atomic E-state index is 13.4. The normalized spacial score (nSPS) is 22.0. The maximum Gasteiger partial charge on any atom is 0.226 e. The van der Waals surface area contributed by atoms with Gasteiger partial charge in [0, 0.05) is 35.3 Å². The topological polar surface area (TPSA) is 57.7 Å². The van der Waals surface area contributed by atoms with Crippen LogP contribution < -0.4 is 0 Å². The molecule has 2 aliphatic heterocycles. The number of carbonyl (C=O) groups excluding carboxylic acids is 1. The Kier molecular flexibility index (Phi) is 5.42. The molecule has 0 bridgehead atoms. The molecule has 2 aromatic heterocycles. The summed E-state index contributed by atoms with van der Waals surface area (Å²) in [7, 11) is -3.16. The second-order valence-corrected chi connectivity index (χ2v) is 11.3. The lowest BCUT2D eigenvalue weighted by Gasteiger charge is -2.39. The van der Waals surface area contributed by atoms with E-state index in [-0.39, 0.29) is 23.6 Å². The van der Waals surface area contributed by atoms with Gasteiger partial charge in [0.2, 0.25) is 15.9 Å². The van der Waals surface area contributed by atoms with Crippen LogP contribution in [0.2, 0.25) is 0 Å².